The summed E-state index contributed by atoms with van der Waals surface area (Å²) in [6, 6.07) is 3.09. The predicted molar refractivity (Wildman–Crippen MR) is 64.3 cm³/mol. The Morgan fingerprint density at radius 3 is 2.65 bits per heavy atom. The minimum atomic E-state index is -3.18. The lowest BCUT2D eigenvalue weighted by Crippen LogP contribution is -2.28. The van der Waals surface area contributed by atoms with Crippen molar-refractivity contribution >= 4 is 0 Å². The molecular formula is C12H9F3N2O3. The number of benzene rings is 1. The third-order valence-corrected chi connectivity index (χ3v) is 2.57. The van der Waals surface area contributed by atoms with Gasteiger partial charge in [0.15, 0.2) is 11.6 Å². The molecule has 1 aromatic heterocycles. The quantitative estimate of drug-likeness (QED) is 0.929. The van der Waals surface area contributed by atoms with Crippen LogP contribution in [0.1, 0.15) is 0 Å². The van der Waals surface area contributed by atoms with Gasteiger partial charge in [-0.2, -0.15) is 8.78 Å². The average Bonchev–Trinajstić information content (AvgIpc) is 2.36. The molecule has 0 fully saturated rings. The van der Waals surface area contributed by atoms with E-state index in [-0.39, 0.29) is 11.1 Å². The molecule has 0 amide bonds. The molecule has 0 atom stereocenters. The lowest BCUT2D eigenvalue weighted by molar-refractivity contribution is -0.0521. The monoisotopic (exact) mass is 286 g/mol. The summed E-state index contributed by atoms with van der Waals surface area (Å²) in [4.78, 5) is 24.9. The largest absolute Gasteiger partial charge is 0.432 e. The van der Waals surface area contributed by atoms with E-state index in [9.17, 15) is 22.8 Å². The van der Waals surface area contributed by atoms with E-state index in [4.69, 9.17) is 0 Å². The Morgan fingerprint density at radius 1 is 1.30 bits per heavy atom. The van der Waals surface area contributed by atoms with Crippen LogP contribution in [0.25, 0.3) is 11.1 Å². The summed E-state index contributed by atoms with van der Waals surface area (Å²) in [7, 11) is 1.40. The van der Waals surface area contributed by atoms with Crippen molar-refractivity contribution in [2.45, 2.75) is 6.61 Å². The fourth-order valence-corrected chi connectivity index (χ4v) is 1.63. The van der Waals surface area contributed by atoms with E-state index in [1.165, 1.54) is 19.3 Å². The number of hydrogen-bond acceptors (Lipinski definition) is 3. The molecular weight excluding hydrogens is 277 g/mol. The first-order valence-electron chi connectivity index (χ1n) is 5.43. The number of halogens is 3. The van der Waals surface area contributed by atoms with E-state index in [1.54, 1.807) is 0 Å². The topological polar surface area (TPSA) is 64.1 Å². The van der Waals surface area contributed by atoms with Crippen LogP contribution in [0, 0.1) is 5.82 Å². The van der Waals surface area contributed by atoms with E-state index in [0.29, 0.717) is 0 Å². The Labute approximate surface area is 110 Å². The first-order valence-corrected chi connectivity index (χ1v) is 5.43. The Hall–Kier alpha value is -2.51. The lowest BCUT2D eigenvalue weighted by atomic mass is 10.1. The lowest BCUT2D eigenvalue weighted by Gasteiger charge is -2.08. The van der Waals surface area contributed by atoms with Gasteiger partial charge in [-0.15, -0.1) is 0 Å². The Balaban J connectivity index is 2.56. The van der Waals surface area contributed by atoms with Gasteiger partial charge in [-0.25, -0.2) is 9.18 Å². The molecule has 0 spiro atoms. The van der Waals surface area contributed by atoms with E-state index in [1.807, 2.05) is 4.98 Å². The Morgan fingerprint density at radius 2 is 2.00 bits per heavy atom. The van der Waals surface area contributed by atoms with Crippen LogP contribution in [0.3, 0.4) is 0 Å². The molecule has 0 aliphatic heterocycles. The Bertz CT molecular complexity index is 752. The number of rotatable bonds is 3. The zero-order valence-corrected chi connectivity index (χ0v) is 10.2. The third-order valence-electron chi connectivity index (χ3n) is 2.57. The molecule has 0 saturated carbocycles. The van der Waals surface area contributed by atoms with E-state index < -0.39 is 29.4 Å². The first-order chi connectivity index (χ1) is 9.38. The number of ether oxygens (including phenoxy) is 1. The van der Waals surface area contributed by atoms with Gasteiger partial charge in [0.2, 0.25) is 0 Å². The van der Waals surface area contributed by atoms with Crippen LogP contribution in [0.15, 0.2) is 34.0 Å². The summed E-state index contributed by atoms with van der Waals surface area (Å²) in [5, 5.41) is 0. The van der Waals surface area contributed by atoms with Crippen LogP contribution in [0.2, 0.25) is 0 Å². The van der Waals surface area contributed by atoms with Crippen LogP contribution < -0.4 is 16.0 Å². The zero-order chi connectivity index (χ0) is 14.9. The van der Waals surface area contributed by atoms with E-state index >= 15 is 0 Å². The summed E-state index contributed by atoms with van der Waals surface area (Å²) >= 11 is 0. The molecule has 0 unspecified atom stereocenters. The number of aryl methyl sites for hydroxylation is 1. The third kappa shape index (κ3) is 2.73. The fourth-order valence-electron chi connectivity index (χ4n) is 1.63. The van der Waals surface area contributed by atoms with Gasteiger partial charge in [-0.1, -0.05) is 6.07 Å². The SMILES string of the molecule is Cn1cc(-c2ccc(F)c(OC(F)F)c2)c(=O)[nH]c1=O. The molecule has 0 radical (unpaired) electrons. The number of aromatic nitrogens is 2. The molecule has 5 nitrogen and oxygen atoms in total. The summed E-state index contributed by atoms with van der Waals surface area (Å²) in [5.41, 5.74) is -1.14. The summed E-state index contributed by atoms with van der Waals surface area (Å²) in [6.45, 7) is -3.18. The molecule has 1 N–H and O–H groups in total. The van der Waals surface area contributed by atoms with E-state index in [0.717, 1.165) is 16.7 Å². The van der Waals surface area contributed by atoms with Gasteiger partial charge in [0.1, 0.15) is 0 Å². The van der Waals surface area contributed by atoms with Gasteiger partial charge in [0.25, 0.3) is 5.56 Å². The molecule has 0 aliphatic carbocycles. The van der Waals surface area contributed by atoms with Crippen LogP contribution in [0.4, 0.5) is 13.2 Å². The molecule has 20 heavy (non-hydrogen) atoms. The minimum Gasteiger partial charge on any atom is -0.432 e. The van der Waals surface area contributed by atoms with Crippen molar-refractivity contribution < 1.29 is 17.9 Å². The van der Waals surface area contributed by atoms with Crippen molar-refractivity contribution in [1.29, 1.82) is 0 Å². The second-order valence-electron chi connectivity index (χ2n) is 3.94. The highest BCUT2D eigenvalue weighted by Gasteiger charge is 2.13. The fraction of sp³-hybridized carbons (Fsp3) is 0.167. The Kier molecular flexibility index (Phi) is 3.64. The average molecular weight is 286 g/mol. The number of nitrogens with one attached hydrogen (secondary N) is 1. The normalized spacial score (nSPS) is 10.8. The highest BCUT2D eigenvalue weighted by Crippen LogP contribution is 2.25. The van der Waals surface area contributed by atoms with Crippen molar-refractivity contribution in [1.82, 2.24) is 9.55 Å². The molecule has 8 heteroatoms. The zero-order valence-electron chi connectivity index (χ0n) is 10.2. The van der Waals surface area contributed by atoms with E-state index in [2.05, 4.69) is 4.74 Å². The molecule has 0 aliphatic rings. The predicted octanol–water partition coefficient (Wildman–Crippen LogP) is 1.48. The summed E-state index contributed by atoms with van der Waals surface area (Å²) in [6.07, 6.45) is 1.22. The molecule has 106 valence electrons. The second-order valence-corrected chi connectivity index (χ2v) is 3.94. The minimum absolute atomic E-state index is 0.0335. The molecule has 1 aromatic carbocycles. The van der Waals surface area contributed by atoms with Crippen LogP contribution in [-0.4, -0.2) is 16.2 Å². The molecule has 1 heterocycles. The first kappa shape index (κ1) is 13.9. The van der Waals surface area contributed by atoms with Crippen molar-refractivity contribution in [2.24, 2.45) is 7.05 Å². The number of H-pyrrole nitrogens is 1. The van der Waals surface area contributed by atoms with Crippen LogP contribution in [-0.2, 0) is 7.05 Å². The molecule has 2 rings (SSSR count). The summed E-state index contributed by atoms with van der Waals surface area (Å²) < 4.78 is 42.7. The molecule has 0 saturated heterocycles. The maximum atomic E-state index is 13.3. The highest BCUT2D eigenvalue weighted by molar-refractivity contribution is 5.63. The van der Waals surface area contributed by atoms with Crippen molar-refractivity contribution in [2.75, 3.05) is 0 Å². The van der Waals surface area contributed by atoms with Gasteiger partial charge in [0, 0.05) is 13.2 Å². The summed E-state index contributed by atoms with van der Waals surface area (Å²) in [5.74, 6) is -1.65. The van der Waals surface area contributed by atoms with Gasteiger partial charge < -0.3 is 9.30 Å². The number of alkyl halides is 2. The molecule has 0 bridgehead atoms. The van der Waals surface area contributed by atoms with Gasteiger partial charge in [0.05, 0.1) is 5.56 Å². The van der Waals surface area contributed by atoms with Crippen molar-refractivity contribution in [3.63, 3.8) is 0 Å². The maximum absolute atomic E-state index is 13.3. The highest BCUT2D eigenvalue weighted by atomic mass is 19.3. The van der Waals surface area contributed by atoms with Gasteiger partial charge in [-0.3, -0.25) is 9.78 Å². The number of aromatic amines is 1. The van der Waals surface area contributed by atoms with Crippen molar-refractivity contribution in [3.8, 4) is 16.9 Å². The standard InChI is InChI=1S/C12H9F3N2O3/c1-17-5-7(10(18)16-12(17)19)6-2-3-8(13)9(4-6)20-11(14)15/h2-5,11H,1H3,(H,16,18,19). The van der Waals surface area contributed by atoms with Crippen molar-refractivity contribution in [3.05, 3.63) is 51.1 Å². The number of nitrogens with zero attached hydrogens (tertiary/aromatic N) is 1. The van der Waals surface area contributed by atoms with Gasteiger partial charge in [-0.05, 0) is 17.7 Å². The number of hydrogen-bond donors (Lipinski definition) is 1. The smallest absolute Gasteiger partial charge is 0.387 e. The maximum Gasteiger partial charge on any atom is 0.387 e. The second kappa shape index (κ2) is 5.24. The van der Waals surface area contributed by atoms with Crippen LogP contribution in [0.5, 0.6) is 5.75 Å². The molecule has 2 aromatic rings. The van der Waals surface area contributed by atoms with Gasteiger partial charge >= 0.3 is 12.3 Å². The van der Waals surface area contributed by atoms with Crippen LogP contribution >= 0.6 is 0 Å².